The third-order valence-electron chi connectivity index (χ3n) is 3.56. The van der Waals surface area contributed by atoms with Gasteiger partial charge >= 0.3 is 0 Å². The number of nitrogens with one attached hydrogen (secondary N) is 1. The minimum absolute atomic E-state index is 0.156. The molecule has 0 bridgehead atoms. The summed E-state index contributed by atoms with van der Waals surface area (Å²) < 4.78 is 5.50. The van der Waals surface area contributed by atoms with Crippen LogP contribution in [0.5, 0.6) is 5.75 Å². The van der Waals surface area contributed by atoms with Crippen molar-refractivity contribution in [2.24, 2.45) is 5.92 Å². The van der Waals surface area contributed by atoms with E-state index in [0.29, 0.717) is 5.92 Å². The van der Waals surface area contributed by atoms with Crippen LogP contribution in [0.3, 0.4) is 0 Å². The number of benzene rings is 1. The highest BCUT2D eigenvalue weighted by Crippen LogP contribution is 2.24. The maximum atomic E-state index is 5.50. The van der Waals surface area contributed by atoms with Crippen molar-refractivity contribution in [3.8, 4) is 5.75 Å². The molecule has 1 aromatic rings. The molecule has 1 aliphatic heterocycles. The summed E-state index contributed by atoms with van der Waals surface area (Å²) in [5, 5.41) is 3.64. The second-order valence-electron chi connectivity index (χ2n) is 6.18. The molecule has 1 saturated heterocycles. The van der Waals surface area contributed by atoms with E-state index in [4.69, 9.17) is 4.74 Å². The fourth-order valence-corrected chi connectivity index (χ4v) is 2.61. The second-order valence-corrected chi connectivity index (χ2v) is 6.18. The fourth-order valence-electron chi connectivity index (χ4n) is 2.61. The highest BCUT2D eigenvalue weighted by molar-refractivity contribution is 5.49. The molecule has 1 aliphatic rings. The van der Waals surface area contributed by atoms with Crippen LogP contribution in [0.15, 0.2) is 24.3 Å². The molecule has 0 saturated carbocycles. The van der Waals surface area contributed by atoms with Gasteiger partial charge in [-0.1, -0.05) is 6.92 Å². The molecular formula is C16H26N2O. The third-order valence-corrected chi connectivity index (χ3v) is 3.56. The standard InChI is InChI=1S/C16H26N2O/c1-5-19-15-8-6-14(7-9-15)18-11-13(2)10-17-16(3,4)12-18/h6-9,13,17H,5,10-12H2,1-4H3. The Bertz CT molecular complexity index is 400. The van der Waals surface area contributed by atoms with E-state index >= 15 is 0 Å². The monoisotopic (exact) mass is 262 g/mol. The molecule has 19 heavy (non-hydrogen) atoms. The fraction of sp³-hybridized carbons (Fsp3) is 0.625. The van der Waals surface area contributed by atoms with Gasteiger partial charge in [0.2, 0.25) is 0 Å². The molecule has 3 nitrogen and oxygen atoms in total. The van der Waals surface area contributed by atoms with Crippen LogP contribution in [-0.4, -0.2) is 31.8 Å². The zero-order chi connectivity index (χ0) is 13.9. The minimum atomic E-state index is 0.156. The average molecular weight is 262 g/mol. The molecule has 3 heteroatoms. The Hall–Kier alpha value is -1.22. The molecule has 1 atom stereocenters. The van der Waals surface area contributed by atoms with Crippen LogP contribution in [0.2, 0.25) is 0 Å². The summed E-state index contributed by atoms with van der Waals surface area (Å²) in [5.41, 5.74) is 1.44. The van der Waals surface area contributed by atoms with Gasteiger partial charge in [-0.25, -0.2) is 0 Å². The first-order chi connectivity index (χ1) is 9.00. The lowest BCUT2D eigenvalue weighted by Crippen LogP contribution is -2.46. The number of hydrogen-bond donors (Lipinski definition) is 1. The van der Waals surface area contributed by atoms with Gasteiger partial charge in [0.05, 0.1) is 6.61 Å². The van der Waals surface area contributed by atoms with Crippen molar-refractivity contribution in [2.45, 2.75) is 33.2 Å². The molecule has 0 spiro atoms. The molecule has 1 aromatic carbocycles. The first-order valence-electron chi connectivity index (χ1n) is 7.23. The van der Waals surface area contributed by atoms with E-state index in [1.165, 1.54) is 5.69 Å². The van der Waals surface area contributed by atoms with Gasteiger partial charge in [-0.3, -0.25) is 0 Å². The van der Waals surface area contributed by atoms with E-state index in [1.807, 2.05) is 6.92 Å². The number of hydrogen-bond acceptors (Lipinski definition) is 3. The van der Waals surface area contributed by atoms with Crippen molar-refractivity contribution in [3.63, 3.8) is 0 Å². The highest BCUT2D eigenvalue weighted by Gasteiger charge is 2.26. The zero-order valence-electron chi connectivity index (χ0n) is 12.6. The summed E-state index contributed by atoms with van der Waals surface area (Å²) in [5.74, 6) is 1.61. The van der Waals surface area contributed by atoms with Gasteiger partial charge in [-0.2, -0.15) is 0 Å². The van der Waals surface area contributed by atoms with Gasteiger partial charge in [-0.15, -0.1) is 0 Å². The Balaban J connectivity index is 2.14. The maximum absolute atomic E-state index is 5.50. The van der Waals surface area contributed by atoms with Crippen LogP contribution in [0.4, 0.5) is 5.69 Å². The predicted molar refractivity (Wildman–Crippen MR) is 81.1 cm³/mol. The molecule has 0 radical (unpaired) electrons. The minimum Gasteiger partial charge on any atom is -0.494 e. The van der Waals surface area contributed by atoms with Gasteiger partial charge < -0.3 is 15.0 Å². The van der Waals surface area contributed by atoms with Crippen molar-refractivity contribution in [1.82, 2.24) is 5.32 Å². The molecule has 1 fully saturated rings. The van der Waals surface area contributed by atoms with Gasteiger partial charge in [0.25, 0.3) is 0 Å². The lowest BCUT2D eigenvalue weighted by molar-refractivity contribution is 0.340. The summed E-state index contributed by atoms with van der Waals surface area (Å²) in [4.78, 5) is 2.47. The summed E-state index contributed by atoms with van der Waals surface area (Å²) in [7, 11) is 0. The van der Waals surface area contributed by atoms with Crippen molar-refractivity contribution in [2.75, 3.05) is 31.1 Å². The molecule has 0 amide bonds. The average Bonchev–Trinajstić information content (AvgIpc) is 2.50. The van der Waals surface area contributed by atoms with Crippen LogP contribution in [0, 0.1) is 5.92 Å². The van der Waals surface area contributed by atoms with Crippen LogP contribution in [0.1, 0.15) is 27.7 Å². The Morgan fingerprint density at radius 1 is 1.32 bits per heavy atom. The van der Waals surface area contributed by atoms with E-state index in [2.05, 4.69) is 55.3 Å². The molecule has 1 unspecified atom stereocenters. The number of nitrogens with zero attached hydrogens (tertiary/aromatic N) is 1. The number of anilines is 1. The smallest absolute Gasteiger partial charge is 0.119 e. The van der Waals surface area contributed by atoms with Crippen molar-refractivity contribution < 1.29 is 4.74 Å². The molecule has 1 heterocycles. The van der Waals surface area contributed by atoms with Crippen molar-refractivity contribution in [3.05, 3.63) is 24.3 Å². The highest BCUT2D eigenvalue weighted by atomic mass is 16.5. The predicted octanol–water partition coefficient (Wildman–Crippen LogP) is 2.91. The lowest BCUT2D eigenvalue weighted by Gasteiger charge is -2.31. The third kappa shape index (κ3) is 3.87. The molecule has 2 rings (SSSR count). The first kappa shape index (κ1) is 14.2. The van der Waals surface area contributed by atoms with Crippen LogP contribution in [-0.2, 0) is 0 Å². The lowest BCUT2D eigenvalue weighted by atomic mass is 10.1. The second kappa shape index (κ2) is 5.83. The first-order valence-corrected chi connectivity index (χ1v) is 7.23. The molecule has 0 aromatic heterocycles. The van der Waals surface area contributed by atoms with E-state index in [-0.39, 0.29) is 5.54 Å². The Morgan fingerprint density at radius 3 is 2.63 bits per heavy atom. The molecular weight excluding hydrogens is 236 g/mol. The molecule has 0 aliphatic carbocycles. The number of ether oxygens (including phenoxy) is 1. The van der Waals surface area contributed by atoms with E-state index in [1.54, 1.807) is 0 Å². The van der Waals surface area contributed by atoms with Gasteiger partial charge in [0.1, 0.15) is 5.75 Å². The molecule has 106 valence electrons. The Kier molecular flexibility index (Phi) is 4.35. The van der Waals surface area contributed by atoms with Crippen LogP contribution < -0.4 is 15.0 Å². The van der Waals surface area contributed by atoms with Crippen LogP contribution in [0.25, 0.3) is 0 Å². The molecule has 1 N–H and O–H groups in total. The summed E-state index contributed by atoms with van der Waals surface area (Å²) in [6.07, 6.45) is 0. The quantitative estimate of drug-likeness (QED) is 0.906. The maximum Gasteiger partial charge on any atom is 0.119 e. The van der Waals surface area contributed by atoms with Gasteiger partial charge in [-0.05, 0) is 57.5 Å². The number of rotatable bonds is 3. The summed E-state index contributed by atoms with van der Waals surface area (Å²) in [6.45, 7) is 12.8. The van der Waals surface area contributed by atoms with E-state index in [0.717, 1.165) is 32.0 Å². The van der Waals surface area contributed by atoms with E-state index in [9.17, 15) is 0 Å². The zero-order valence-corrected chi connectivity index (χ0v) is 12.6. The Labute approximate surface area is 116 Å². The Morgan fingerprint density at radius 2 is 2.00 bits per heavy atom. The van der Waals surface area contributed by atoms with Crippen LogP contribution >= 0.6 is 0 Å². The van der Waals surface area contributed by atoms with E-state index < -0.39 is 0 Å². The van der Waals surface area contributed by atoms with Gasteiger partial charge in [0.15, 0.2) is 0 Å². The largest absolute Gasteiger partial charge is 0.494 e. The topological polar surface area (TPSA) is 24.5 Å². The van der Waals surface area contributed by atoms with Gasteiger partial charge in [0, 0.05) is 24.3 Å². The normalized spacial score (nSPS) is 22.9. The SMILES string of the molecule is CCOc1ccc(N2CC(C)CNC(C)(C)C2)cc1. The summed E-state index contributed by atoms with van der Waals surface area (Å²) in [6, 6.07) is 8.46. The summed E-state index contributed by atoms with van der Waals surface area (Å²) >= 11 is 0. The van der Waals surface area contributed by atoms with Crippen molar-refractivity contribution in [1.29, 1.82) is 0 Å². The van der Waals surface area contributed by atoms with Crippen molar-refractivity contribution >= 4 is 5.69 Å².